The summed E-state index contributed by atoms with van der Waals surface area (Å²) in [7, 11) is 0. The summed E-state index contributed by atoms with van der Waals surface area (Å²) in [6, 6.07) is 0.154. The zero-order chi connectivity index (χ0) is 20.6. The average molecular weight is 403 g/mol. The first kappa shape index (κ1) is 21.1. The van der Waals surface area contributed by atoms with Crippen LogP contribution in [0.15, 0.2) is 0 Å². The minimum Gasteiger partial charge on any atom is -0.310 e. The van der Waals surface area contributed by atoms with Crippen LogP contribution in [0, 0.1) is 18.8 Å². The van der Waals surface area contributed by atoms with Crippen LogP contribution in [0.5, 0.6) is 0 Å². The smallest absolute Gasteiger partial charge is 0.249 e. The molecule has 0 radical (unpaired) electrons. The quantitative estimate of drug-likeness (QED) is 0.567. The van der Waals surface area contributed by atoms with Gasteiger partial charge in [0, 0.05) is 36.7 Å². The van der Waals surface area contributed by atoms with Crippen molar-refractivity contribution in [1.29, 1.82) is 0 Å². The van der Waals surface area contributed by atoms with E-state index in [9.17, 15) is 22.4 Å². The molecule has 2 saturated carbocycles. The third kappa shape index (κ3) is 4.20. The van der Waals surface area contributed by atoms with E-state index in [4.69, 9.17) is 0 Å². The molecule has 0 saturated heterocycles. The molecule has 2 fully saturated rings. The van der Waals surface area contributed by atoms with Crippen molar-refractivity contribution < 1.29 is 22.4 Å². The van der Waals surface area contributed by atoms with Crippen LogP contribution in [0.2, 0.25) is 0 Å². The molecule has 1 heterocycles. The average Bonchev–Trinajstić information content (AvgIpc) is 2.84. The fraction of sp³-hybridized carbons (Fsp3) is 0.800. The maximum atomic E-state index is 13.3. The first-order valence-electron chi connectivity index (χ1n) is 10.2. The molecule has 0 spiro atoms. The van der Waals surface area contributed by atoms with Gasteiger partial charge in [-0.15, -0.1) is 0 Å². The van der Waals surface area contributed by atoms with Crippen LogP contribution in [0.4, 0.5) is 23.4 Å². The Balaban J connectivity index is 1.80. The van der Waals surface area contributed by atoms with Crippen molar-refractivity contribution in [3.63, 3.8) is 0 Å². The van der Waals surface area contributed by atoms with Crippen LogP contribution in [-0.2, 0) is 4.79 Å². The number of alkyl halides is 4. The second kappa shape index (κ2) is 8.03. The molecule has 1 amide bonds. The van der Waals surface area contributed by atoms with E-state index in [-0.39, 0.29) is 37.1 Å². The zero-order valence-electron chi connectivity index (χ0n) is 16.7. The van der Waals surface area contributed by atoms with Gasteiger partial charge >= 0.3 is 0 Å². The fourth-order valence-electron chi connectivity index (χ4n) is 4.22. The minimum absolute atomic E-state index is 0.154. The molecule has 158 valence electrons. The third-order valence-electron chi connectivity index (χ3n) is 6.45. The summed E-state index contributed by atoms with van der Waals surface area (Å²) in [6.45, 7) is 5.26. The lowest BCUT2D eigenvalue weighted by Crippen LogP contribution is -2.34. The Morgan fingerprint density at radius 2 is 1.96 bits per heavy atom. The number of rotatable bonds is 8. The maximum Gasteiger partial charge on any atom is 0.249 e. The van der Waals surface area contributed by atoms with Gasteiger partial charge in [-0.2, -0.15) is 5.10 Å². The van der Waals surface area contributed by atoms with E-state index in [1.54, 1.807) is 25.5 Å². The second-order valence-corrected chi connectivity index (χ2v) is 8.42. The second-order valence-electron chi connectivity index (χ2n) is 8.42. The molecule has 1 aromatic heterocycles. The summed E-state index contributed by atoms with van der Waals surface area (Å²) in [4.78, 5) is 12.8. The lowest BCUT2D eigenvalue weighted by Gasteiger charge is -2.34. The number of hydrogen-bond acceptors (Lipinski definition) is 2. The Kier molecular flexibility index (Phi) is 6.05. The molecular weight excluding hydrogens is 374 g/mol. The molecule has 4 nitrogen and oxygen atoms in total. The highest BCUT2D eigenvalue weighted by Crippen LogP contribution is 2.50. The topological polar surface area (TPSA) is 46.9 Å². The van der Waals surface area contributed by atoms with Crippen LogP contribution in [0.3, 0.4) is 0 Å². The van der Waals surface area contributed by atoms with E-state index in [0.29, 0.717) is 17.9 Å². The predicted molar refractivity (Wildman–Crippen MR) is 99.0 cm³/mol. The molecule has 2 aliphatic rings. The SMILES string of the molecule is CCC(CC(F)F)[C@@H](C)C(=O)Nc1c(C)c(C2CC(F)(F)C2)nn1C1CCC1. The maximum absolute atomic E-state index is 13.3. The minimum atomic E-state index is -2.64. The van der Waals surface area contributed by atoms with Gasteiger partial charge in [0.15, 0.2) is 0 Å². The molecule has 2 aliphatic carbocycles. The van der Waals surface area contributed by atoms with Crippen molar-refractivity contribution in [2.75, 3.05) is 5.32 Å². The summed E-state index contributed by atoms with van der Waals surface area (Å²) < 4.78 is 54.0. The highest BCUT2D eigenvalue weighted by Gasteiger charge is 2.48. The van der Waals surface area contributed by atoms with Gasteiger partial charge in [-0.3, -0.25) is 4.79 Å². The number of nitrogens with one attached hydrogen (secondary N) is 1. The lowest BCUT2D eigenvalue weighted by atomic mass is 9.78. The van der Waals surface area contributed by atoms with Crippen molar-refractivity contribution in [3.05, 3.63) is 11.3 Å². The molecule has 0 aliphatic heterocycles. The van der Waals surface area contributed by atoms with Crippen molar-refractivity contribution in [2.24, 2.45) is 11.8 Å². The van der Waals surface area contributed by atoms with Crippen LogP contribution in [0.1, 0.15) is 82.0 Å². The zero-order valence-corrected chi connectivity index (χ0v) is 16.7. The molecule has 0 bridgehead atoms. The van der Waals surface area contributed by atoms with Gasteiger partial charge in [-0.1, -0.05) is 20.3 Å². The monoisotopic (exact) mass is 403 g/mol. The van der Waals surface area contributed by atoms with Gasteiger partial charge in [0.2, 0.25) is 18.3 Å². The molecule has 0 aromatic carbocycles. The standard InChI is InChI=1S/C20H29F4N3O/c1-4-13(8-16(21)22)11(2)19(28)25-18-12(3)17(14-9-20(23,24)10-14)26-27(18)15-6-5-7-15/h11,13-16H,4-10H2,1-3H3,(H,25,28)/t11-,13?/m1/s1. The molecule has 3 rings (SSSR count). The summed E-state index contributed by atoms with van der Waals surface area (Å²) >= 11 is 0. The molecule has 28 heavy (non-hydrogen) atoms. The van der Waals surface area contributed by atoms with E-state index in [0.717, 1.165) is 24.8 Å². The van der Waals surface area contributed by atoms with E-state index in [2.05, 4.69) is 10.4 Å². The molecular formula is C20H29F4N3O. The van der Waals surface area contributed by atoms with Crippen molar-refractivity contribution in [2.45, 2.75) is 90.0 Å². The predicted octanol–water partition coefficient (Wildman–Crippen LogP) is 5.69. The number of nitrogens with zero attached hydrogens (tertiary/aromatic N) is 2. The number of carbonyl (C=O) groups is 1. The number of halogens is 4. The number of amides is 1. The normalized spacial score (nSPS) is 21.9. The highest BCUT2D eigenvalue weighted by molar-refractivity contribution is 5.92. The summed E-state index contributed by atoms with van der Waals surface area (Å²) in [6.07, 6.45) is 0.227. The van der Waals surface area contributed by atoms with Crippen LogP contribution in [0.25, 0.3) is 0 Å². The van der Waals surface area contributed by atoms with Crippen LogP contribution in [-0.4, -0.2) is 28.0 Å². The van der Waals surface area contributed by atoms with E-state index >= 15 is 0 Å². The van der Waals surface area contributed by atoms with Crippen LogP contribution >= 0.6 is 0 Å². The van der Waals surface area contributed by atoms with Crippen LogP contribution < -0.4 is 5.32 Å². The number of hydrogen-bond donors (Lipinski definition) is 1. The van der Waals surface area contributed by atoms with E-state index < -0.39 is 24.2 Å². The summed E-state index contributed by atoms with van der Waals surface area (Å²) in [5, 5.41) is 7.48. The lowest BCUT2D eigenvalue weighted by molar-refractivity contribution is -0.121. The van der Waals surface area contributed by atoms with Gasteiger partial charge < -0.3 is 5.32 Å². The van der Waals surface area contributed by atoms with Gasteiger partial charge in [0.25, 0.3) is 0 Å². The Hall–Kier alpha value is -1.60. The molecule has 1 aromatic rings. The number of aromatic nitrogens is 2. The fourth-order valence-corrected chi connectivity index (χ4v) is 4.22. The molecule has 1 N–H and O–H groups in total. The van der Waals surface area contributed by atoms with Crippen molar-refractivity contribution >= 4 is 11.7 Å². The molecule has 2 atom stereocenters. The summed E-state index contributed by atoms with van der Waals surface area (Å²) in [5.41, 5.74) is 1.34. The van der Waals surface area contributed by atoms with Gasteiger partial charge in [0.1, 0.15) is 5.82 Å². The molecule has 8 heteroatoms. The number of anilines is 1. The Labute approximate surface area is 163 Å². The van der Waals surface area contributed by atoms with E-state index in [1.165, 1.54) is 0 Å². The molecule has 1 unspecified atom stereocenters. The third-order valence-corrected chi connectivity index (χ3v) is 6.45. The Morgan fingerprint density at radius 1 is 1.32 bits per heavy atom. The van der Waals surface area contributed by atoms with E-state index in [1.807, 2.05) is 0 Å². The Morgan fingerprint density at radius 3 is 2.43 bits per heavy atom. The first-order valence-corrected chi connectivity index (χ1v) is 10.2. The first-order chi connectivity index (χ1) is 13.1. The van der Waals surface area contributed by atoms with Crippen molar-refractivity contribution in [1.82, 2.24) is 9.78 Å². The van der Waals surface area contributed by atoms with Gasteiger partial charge in [0.05, 0.1) is 11.7 Å². The highest BCUT2D eigenvalue weighted by atomic mass is 19.3. The number of carbonyl (C=O) groups excluding carboxylic acids is 1. The van der Waals surface area contributed by atoms with Gasteiger partial charge in [-0.25, -0.2) is 22.2 Å². The summed E-state index contributed by atoms with van der Waals surface area (Å²) in [5.74, 6) is -3.70. The van der Waals surface area contributed by atoms with Crippen molar-refractivity contribution in [3.8, 4) is 0 Å². The Bertz CT molecular complexity index is 707. The van der Waals surface area contributed by atoms with Gasteiger partial charge in [-0.05, 0) is 32.1 Å². The largest absolute Gasteiger partial charge is 0.310 e.